The summed E-state index contributed by atoms with van der Waals surface area (Å²) in [4.78, 5) is 10.9. The van der Waals surface area contributed by atoms with Crippen LogP contribution in [0, 0.1) is 18.8 Å². The van der Waals surface area contributed by atoms with Crippen molar-refractivity contribution in [2.45, 2.75) is 39.0 Å². The molecule has 3 atom stereocenters. The van der Waals surface area contributed by atoms with Gasteiger partial charge in [-0.2, -0.15) is 0 Å². The molecule has 1 aromatic carbocycles. The number of carbonyl (C=O) groups excluding carboxylic acids is 1. The van der Waals surface area contributed by atoms with Gasteiger partial charge in [-0.1, -0.05) is 19.1 Å². The zero-order chi connectivity index (χ0) is 13.1. The molecular weight excluding hydrogens is 224 g/mol. The molecule has 1 aliphatic carbocycles. The van der Waals surface area contributed by atoms with Gasteiger partial charge in [-0.25, -0.2) is 0 Å². The average molecular weight is 246 g/mol. The second-order valence-electron chi connectivity index (χ2n) is 5.52. The predicted octanol–water partition coefficient (Wildman–Crippen LogP) is 3.72. The molecule has 98 valence electrons. The molecular formula is C16H22O2. The molecule has 2 heteroatoms. The number of methoxy groups -OCH3 is 1. The van der Waals surface area contributed by atoms with Gasteiger partial charge in [0.2, 0.25) is 0 Å². The number of hydrogen-bond acceptors (Lipinski definition) is 2. The van der Waals surface area contributed by atoms with E-state index in [1.54, 1.807) is 7.11 Å². The Kier molecular flexibility index (Phi) is 4.05. The highest BCUT2D eigenvalue weighted by Crippen LogP contribution is 2.40. The van der Waals surface area contributed by atoms with Crippen LogP contribution in [0.3, 0.4) is 0 Å². The molecule has 1 aliphatic rings. The maximum atomic E-state index is 10.9. The van der Waals surface area contributed by atoms with Crippen LogP contribution in [0.25, 0.3) is 0 Å². The predicted molar refractivity (Wildman–Crippen MR) is 73.0 cm³/mol. The van der Waals surface area contributed by atoms with E-state index in [0.717, 1.165) is 31.3 Å². The molecule has 0 amide bonds. The molecule has 2 rings (SSSR count). The fraction of sp³-hybridized carbons (Fsp3) is 0.562. The monoisotopic (exact) mass is 246 g/mol. The van der Waals surface area contributed by atoms with E-state index in [1.807, 2.05) is 0 Å². The number of ether oxygens (including phenoxy) is 1. The van der Waals surface area contributed by atoms with Crippen LogP contribution in [-0.2, 0) is 4.79 Å². The minimum absolute atomic E-state index is 0.274. The summed E-state index contributed by atoms with van der Waals surface area (Å²) in [6.45, 7) is 4.35. The van der Waals surface area contributed by atoms with E-state index in [-0.39, 0.29) is 5.92 Å². The van der Waals surface area contributed by atoms with E-state index in [2.05, 4.69) is 32.0 Å². The summed E-state index contributed by atoms with van der Waals surface area (Å²) in [5.74, 6) is 2.40. The average Bonchev–Trinajstić information content (AvgIpc) is 2.38. The van der Waals surface area contributed by atoms with E-state index in [9.17, 15) is 4.79 Å². The van der Waals surface area contributed by atoms with Gasteiger partial charge in [0, 0.05) is 5.92 Å². The van der Waals surface area contributed by atoms with Crippen molar-refractivity contribution in [2.24, 2.45) is 11.8 Å². The molecule has 0 aliphatic heterocycles. The number of hydrogen-bond donors (Lipinski definition) is 0. The second-order valence-corrected chi connectivity index (χ2v) is 5.52. The third-order valence-electron chi connectivity index (χ3n) is 4.25. The van der Waals surface area contributed by atoms with Crippen molar-refractivity contribution < 1.29 is 9.53 Å². The molecule has 3 unspecified atom stereocenters. The molecule has 0 aromatic heterocycles. The van der Waals surface area contributed by atoms with Gasteiger partial charge in [0.25, 0.3) is 0 Å². The van der Waals surface area contributed by atoms with Gasteiger partial charge in [-0.15, -0.1) is 0 Å². The van der Waals surface area contributed by atoms with Crippen LogP contribution in [0.5, 0.6) is 5.75 Å². The smallest absolute Gasteiger partial charge is 0.123 e. The van der Waals surface area contributed by atoms with Gasteiger partial charge in [0.1, 0.15) is 12.0 Å². The Morgan fingerprint density at radius 3 is 2.67 bits per heavy atom. The third-order valence-corrected chi connectivity index (χ3v) is 4.25. The van der Waals surface area contributed by atoms with Gasteiger partial charge >= 0.3 is 0 Å². The fourth-order valence-corrected chi connectivity index (χ4v) is 3.19. The van der Waals surface area contributed by atoms with Crippen molar-refractivity contribution in [3.05, 3.63) is 29.3 Å². The van der Waals surface area contributed by atoms with E-state index < -0.39 is 0 Å². The topological polar surface area (TPSA) is 26.3 Å². The summed E-state index contributed by atoms with van der Waals surface area (Å²) in [6.07, 6.45) is 4.31. The third kappa shape index (κ3) is 2.58. The lowest BCUT2D eigenvalue weighted by Gasteiger charge is -2.32. The number of benzene rings is 1. The largest absolute Gasteiger partial charge is 0.496 e. The van der Waals surface area contributed by atoms with Crippen molar-refractivity contribution in [1.29, 1.82) is 0 Å². The fourth-order valence-electron chi connectivity index (χ4n) is 3.19. The molecule has 0 spiro atoms. The Morgan fingerprint density at radius 1 is 1.33 bits per heavy atom. The first-order valence-electron chi connectivity index (χ1n) is 6.75. The van der Waals surface area contributed by atoms with Crippen LogP contribution in [0.1, 0.15) is 43.2 Å². The minimum Gasteiger partial charge on any atom is -0.496 e. The Bertz CT molecular complexity index is 425. The highest BCUT2D eigenvalue weighted by atomic mass is 16.5. The quantitative estimate of drug-likeness (QED) is 0.760. The maximum absolute atomic E-state index is 10.9. The number of rotatable bonds is 3. The van der Waals surface area contributed by atoms with Crippen molar-refractivity contribution >= 4 is 6.29 Å². The molecule has 0 saturated heterocycles. The Morgan fingerprint density at radius 2 is 2.11 bits per heavy atom. The van der Waals surface area contributed by atoms with Gasteiger partial charge in [-0.05, 0) is 55.2 Å². The van der Waals surface area contributed by atoms with Crippen LogP contribution in [-0.4, -0.2) is 13.4 Å². The van der Waals surface area contributed by atoms with Crippen LogP contribution >= 0.6 is 0 Å². The van der Waals surface area contributed by atoms with E-state index in [0.29, 0.717) is 11.8 Å². The van der Waals surface area contributed by atoms with Crippen molar-refractivity contribution in [1.82, 2.24) is 0 Å². The Hall–Kier alpha value is -1.31. The Labute approximate surface area is 109 Å². The van der Waals surface area contributed by atoms with Crippen LogP contribution in [0.2, 0.25) is 0 Å². The molecule has 1 saturated carbocycles. The first-order valence-corrected chi connectivity index (χ1v) is 6.75. The summed E-state index contributed by atoms with van der Waals surface area (Å²) in [5, 5.41) is 0. The molecule has 1 fully saturated rings. The lowest BCUT2D eigenvalue weighted by molar-refractivity contribution is -0.112. The maximum Gasteiger partial charge on any atom is 0.123 e. The molecule has 18 heavy (non-hydrogen) atoms. The lowest BCUT2D eigenvalue weighted by Crippen LogP contribution is -2.22. The number of carbonyl (C=O) groups is 1. The van der Waals surface area contributed by atoms with Crippen LogP contribution < -0.4 is 4.74 Å². The summed E-state index contributed by atoms with van der Waals surface area (Å²) in [7, 11) is 1.71. The molecule has 0 heterocycles. The first-order chi connectivity index (χ1) is 8.65. The Balaban J connectivity index is 2.17. The van der Waals surface area contributed by atoms with Crippen molar-refractivity contribution in [2.75, 3.05) is 7.11 Å². The minimum atomic E-state index is 0.274. The number of aldehydes is 1. The lowest BCUT2D eigenvalue weighted by atomic mass is 9.72. The van der Waals surface area contributed by atoms with Crippen molar-refractivity contribution in [3.8, 4) is 5.75 Å². The summed E-state index contributed by atoms with van der Waals surface area (Å²) in [5.41, 5.74) is 2.59. The second kappa shape index (κ2) is 5.55. The van der Waals surface area contributed by atoms with Gasteiger partial charge in [0.05, 0.1) is 7.11 Å². The first kappa shape index (κ1) is 13.1. The highest BCUT2D eigenvalue weighted by molar-refractivity contribution is 5.53. The van der Waals surface area contributed by atoms with Gasteiger partial charge in [0.15, 0.2) is 0 Å². The van der Waals surface area contributed by atoms with E-state index >= 15 is 0 Å². The molecule has 2 nitrogen and oxygen atoms in total. The molecule has 0 bridgehead atoms. The van der Waals surface area contributed by atoms with Crippen LogP contribution in [0.15, 0.2) is 18.2 Å². The zero-order valence-corrected chi connectivity index (χ0v) is 11.5. The molecule has 0 radical (unpaired) electrons. The van der Waals surface area contributed by atoms with Gasteiger partial charge in [-0.3, -0.25) is 0 Å². The standard InChI is InChI=1S/C16H22O2/c1-11-8-13(10-17)4-6-15(11)14-5-7-16(18-3)12(2)9-14/h5,7,9-11,13,15H,4,6,8H2,1-3H3. The van der Waals surface area contributed by atoms with Crippen molar-refractivity contribution in [3.63, 3.8) is 0 Å². The summed E-state index contributed by atoms with van der Waals surface area (Å²) in [6, 6.07) is 6.47. The zero-order valence-electron chi connectivity index (χ0n) is 11.5. The summed E-state index contributed by atoms with van der Waals surface area (Å²) < 4.78 is 5.30. The molecule has 0 N–H and O–H groups in total. The highest BCUT2D eigenvalue weighted by Gasteiger charge is 2.28. The summed E-state index contributed by atoms with van der Waals surface area (Å²) >= 11 is 0. The van der Waals surface area contributed by atoms with E-state index in [1.165, 1.54) is 11.1 Å². The normalized spacial score (nSPS) is 27.8. The number of aryl methyl sites for hydroxylation is 1. The SMILES string of the molecule is COc1ccc(C2CCC(C=O)CC2C)cc1C. The van der Waals surface area contributed by atoms with Gasteiger partial charge < -0.3 is 9.53 Å². The molecule has 1 aromatic rings. The van der Waals surface area contributed by atoms with E-state index in [4.69, 9.17) is 4.74 Å². The van der Waals surface area contributed by atoms with Crippen LogP contribution in [0.4, 0.5) is 0 Å².